The Bertz CT molecular complexity index is 165. The molecule has 1 unspecified atom stereocenters. The topological polar surface area (TPSA) is 6.48 Å². The number of rotatable bonds is 0. The van der Waals surface area contributed by atoms with Gasteiger partial charge in [-0.3, -0.25) is 4.90 Å². The molecule has 0 aromatic rings. The number of piperazine rings is 1. The van der Waals surface area contributed by atoms with Crippen LogP contribution in [0.3, 0.4) is 0 Å². The van der Waals surface area contributed by atoms with Crippen LogP contribution in [-0.4, -0.2) is 49.1 Å². The molecule has 0 aliphatic carbocycles. The molecule has 2 heterocycles. The van der Waals surface area contributed by atoms with E-state index < -0.39 is 0 Å². The van der Waals surface area contributed by atoms with Crippen LogP contribution in [0.25, 0.3) is 0 Å². The number of hydrogen-bond acceptors (Lipinski definition) is 2. The van der Waals surface area contributed by atoms with Crippen LogP contribution in [0.4, 0.5) is 0 Å². The van der Waals surface area contributed by atoms with E-state index >= 15 is 0 Å². The zero-order valence-electron chi connectivity index (χ0n) is 7.16. The molecular formula is C9H16N2. The number of likely N-dealkylation sites (N-methyl/N-ethyl adjacent to an activating group) is 1. The molecule has 2 aliphatic heterocycles. The first-order chi connectivity index (χ1) is 5.36. The minimum absolute atomic E-state index is 0.804. The monoisotopic (exact) mass is 152 g/mol. The maximum absolute atomic E-state index is 2.58. The highest BCUT2D eigenvalue weighted by Gasteiger charge is 2.24. The van der Waals surface area contributed by atoms with Gasteiger partial charge < -0.3 is 4.90 Å². The van der Waals surface area contributed by atoms with Crippen LogP contribution in [-0.2, 0) is 0 Å². The van der Waals surface area contributed by atoms with Gasteiger partial charge in [-0.05, 0) is 13.5 Å². The van der Waals surface area contributed by atoms with Crippen LogP contribution in [0, 0.1) is 0 Å². The first-order valence-electron chi connectivity index (χ1n) is 4.44. The van der Waals surface area contributed by atoms with Gasteiger partial charge in [-0.15, -0.1) is 0 Å². The van der Waals surface area contributed by atoms with Crippen LogP contribution < -0.4 is 0 Å². The molecule has 1 atom stereocenters. The fraction of sp³-hybridized carbons (Fsp3) is 0.778. The summed E-state index contributed by atoms with van der Waals surface area (Å²) in [4.78, 5) is 5.01. The van der Waals surface area contributed by atoms with Crippen LogP contribution in [0.1, 0.15) is 6.42 Å². The normalized spacial score (nSPS) is 33.7. The Morgan fingerprint density at radius 2 is 2.18 bits per heavy atom. The summed E-state index contributed by atoms with van der Waals surface area (Å²) in [5.41, 5.74) is 0. The number of nitrogens with zero attached hydrogens (tertiary/aromatic N) is 2. The lowest BCUT2D eigenvalue weighted by Crippen LogP contribution is -2.52. The van der Waals surface area contributed by atoms with Crippen molar-refractivity contribution in [2.75, 3.05) is 33.2 Å². The molecule has 11 heavy (non-hydrogen) atoms. The second kappa shape index (κ2) is 2.95. The zero-order valence-corrected chi connectivity index (χ0v) is 7.16. The van der Waals surface area contributed by atoms with Gasteiger partial charge >= 0.3 is 0 Å². The van der Waals surface area contributed by atoms with E-state index in [1.165, 1.54) is 32.6 Å². The Morgan fingerprint density at radius 1 is 1.27 bits per heavy atom. The average Bonchev–Trinajstić information content (AvgIpc) is 2.04. The van der Waals surface area contributed by atoms with Gasteiger partial charge in [-0.2, -0.15) is 0 Å². The SMILES string of the molecule is CN1CCN2CC=CCC2C1. The van der Waals surface area contributed by atoms with Crippen LogP contribution in [0.15, 0.2) is 12.2 Å². The molecule has 0 saturated carbocycles. The maximum Gasteiger partial charge on any atom is 0.0261 e. The predicted molar refractivity (Wildman–Crippen MR) is 46.6 cm³/mol. The fourth-order valence-corrected chi connectivity index (χ4v) is 1.98. The smallest absolute Gasteiger partial charge is 0.0261 e. The molecule has 0 aromatic carbocycles. The molecule has 0 bridgehead atoms. The molecule has 0 amide bonds. The standard InChI is InChI=1S/C9H16N2/c1-10-6-7-11-5-3-2-4-9(11)8-10/h2-3,9H,4-8H2,1H3. The fourth-order valence-electron chi connectivity index (χ4n) is 1.98. The van der Waals surface area contributed by atoms with Crippen molar-refractivity contribution < 1.29 is 0 Å². The summed E-state index contributed by atoms with van der Waals surface area (Å²) in [5, 5.41) is 0. The van der Waals surface area contributed by atoms with E-state index in [0.29, 0.717) is 0 Å². The third-order valence-corrected chi connectivity index (χ3v) is 2.72. The minimum atomic E-state index is 0.804. The van der Waals surface area contributed by atoms with Gasteiger partial charge in [0.05, 0.1) is 0 Å². The summed E-state index contributed by atoms with van der Waals surface area (Å²) in [6.45, 7) is 4.93. The van der Waals surface area contributed by atoms with Crippen LogP contribution in [0.5, 0.6) is 0 Å². The minimum Gasteiger partial charge on any atom is -0.304 e. The van der Waals surface area contributed by atoms with Crippen molar-refractivity contribution in [2.24, 2.45) is 0 Å². The van der Waals surface area contributed by atoms with Crippen LogP contribution >= 0.6 is 0 Å². The Balaban J connectivity index is 2.00. The predicted octanol–water partition coefficient (Wildman–Crippen LogP) is 0.562. The summed E-state index contributed by atoms with van der Waals surface area (Å²) in [6.07, 6.45) is 5.87. The van der Waals surface area contributed by atoms with E-state index in [4.69, 9.17) is 0 Å². The highest BCUT2D eigenvalue weighted by atomic mass is 15.3. The summed E-state index contributed by atoms with van der Waals surface area (Å²) in [6, 6.07) is 0.804. The van der Waals surface area contributed by atoms with Crippen molar-refractivity contribution in [2.45, 2.75) is 12.5 Å². The summed E-state index contributed by atoms with van der Waals surface area (Å²) < 4.78 is 0. The van der Waals surface area contributed by atoms with Gasteiger partial charge in [0.1, 0.15) is 0 Å². The van der Waals surface area contributed by atoms with Gasteiger partial charge in [0, 0.05) is 32.2 Å². The van der Waals surface area contributed by atoms with Crippen molar-refractivity contribution >= 4 is 0 Å². The van der Waals surface area contributed by atoms with E-state index in [9.17, 15) is 0 Å². The number of hydrogen-bond donors (Lipinski definition) is 0. The lowest BCUT2D eigenvalue weighted by Gasteiger charge is -2.40. The lowest BCUT2D eigenvalue weighted by atomic mass is 10.1. The molecule has 1 saturated heterocycles. The second-order valence-corrected chi connectivity index (χ2v) is 3.62. The van der Waals surface area contributed by atoms with Crippen molar-refractivity contribution in [3.05, 3.63) is 12.2 Å². The molecule has 0 aromatic heterocycles. The highest BCUT2D eigenvalue weighted by molar-refractivity contribution is 4.98. The summed E-state index contributed by atoms with van der Waals surface area (Å²) >= 11 is 0. The molecule has 0 radical (unpaired) electrons. The number of fused-ring (bicyclic) bond motifs is 1. The Hall–Kier alpha value is -0.340. The van der Waals surface area contributed by atoms with E-state index in [1.807, 2.05) is 0 Å². The first-order valence-corrected chi connectivity index (χ1v) is 4.44. The molecular weight excluding hydrogens is 136 g/mol. The molecule has 2 aliphatic rings. The van der Waals surface area contributed by atoms with E-state index in [1.54, 1.807) is 0 Å². The van der Waals surface area contributed by atoms with E-state index in [-0.39, 0.29) is 0 Å². The Labute approximate surface area is 68.5 Å². The molecule has 2 nitrogen and oxygen atoms in total. The maximum atomic E-state index is 2.58. The summed E-state index contributed by atoms with van der Waals surface area (Å²) in [7, 11) is 2.22. The molecule has 2 rings (SSSR count). The summed E-state index contributed by atoms with van der Waals surface area (Å²) in [5.74, 6) is 0. The van der Waals surface area contributed by atoms with Crippen molar-refractivity contribution in [1.29, 1.82) is 0 Å². The van der Waals surface area contributed by atoms with Gasteiger partial charge in [-0.25, -0.2) is 0 Å². The molecule has 2 heteroatoms. The van der Waals surface area contributed by atoms with Crippen molar-refractivity contribution in [3.63, 3.8) is 0 Å². The Kier molecular flexibility index (Phi) is 1.96. The molecule has 62 valence electrons. The Morgan fingerprint density at radius 3 is 3.09 bits per heavy atom. The quantitative estimate of drug-likeness (QED) is 0.468. The van der Waals surface area contributed by atoms with Gasteiger partial charge in [0.2, 0.25) is 0 Å². The average molecular weight is 152 g/mol. The van der Waals surface area contributed by atoms with Crippen LogP contribution in [0.2, 0.25) is 0 Å². The third-order valence-electron chi connectivity index (χ3n) is 2.72. The van der Waals surface area contributed by atoms with Gasteiger partial charge in [-0.1, -0.05) is 12.2 Å². The molecule has 0 N–H and O–H groups in total. The molecule has 0 spiro atoms. The lowest BCUT2D eigenvalue weighted by molar-refractivity contribution is 0.0971. The second-order valence-electron chi connectivity index (χ2n) is 3.62. The van der Waals surface area contributed by atoms with Crippen molar-refractivity contribution in [1.82, 2.24) is 9.80 Å². The van der Waals surface area contributed by atoms with Gasteiger partial charge in [0.25, 0.3) is 0 Å². The first kappa shape index (κ1) is 7.32. The van der Waals surface area contributed by atoms with E-state index in [0.717, 1.165) is 6.04 Å². The molecule has 1 fully saturated rings. The highest BCUT2D eigenvalue weighted by Crippen LogP contribution is 2.15. The van der Waals surface area contributed by atoms with Gasteiger partial charge in [0.15, 0.2) is 0 Å². The zero-order chi connectivity index (χ0) is 7.68. The van der Waals surface area contributed by atoms with Crippen molar-refractivity contribution in [3.8, 4) is 0 Å². The largest absolute Gasteiger partial charge is 0.304 e. The third kappa shape index (κ3) is 1.47. The van der Waals surface area contributed by atoms with E-state index in [2.05, 4.69) is 29.0 Å².